The van der Waals surface area contributed by atoms with Crippen molar-refractivity contribution in [3.05, 3.63) is 72.1 Å². The Bertz CT molecular complexity index is 1400. The first-order valence-electron chi connectivity index (χ1n) is 13.8. The van der Waals surface area contributed by atoms with Gasteiger partial charge in [-0.2, -0.15) is 0 Å². The minimum atomic E-state index is 0.211. The summed E-state index contributed by atoms with van der Waals surface area (Å²) in [7, 11) is 3.44. The van der Waals surface area contributed by atoms with Gasteiger partial charge in [0.25, 0.3) is 0 Å². The molecule has 1 saturated heterocycles. The Labute approximate surface area is 225 Å². The standard InChI is InChI=1S/C32H39N3O3/c1-23(19-24-14-15-25-9-4-5-10-26(25)21-24)20-30(36)34-16-7-11-27(22-34)32-33-28-12-6-13-29(38-3)31(28)35(32)17-8-18-37-2/h4-6,9-10,12-15,21,23,27H,7-8,11,16-20,22H2,1-3H3/t23-,27-/m1/s1. The smallest absolute Gasteiger partial charge is 0.222 e. The molecule has 1 aromatic heterocycles. The van der Waals surface area contributed by atoms with Crippen LogP contribution in [0.4, 0.5) is 0 Å². The van der Waals surface area contributed by atoms with E-state index in [0.29, 0.717) is 13.0 Å². The number of methoxy groups -OCH3 is 2. The first-order valence-corrected chi connectivity index (χ1v) is 13.8. The van der Waals surface area contributed by atoms with Crippen LogP contribution in [-0.4, -0.2) is 54.3 Å². The number of hydrogen-bond donors (Lipinski definition) is 0. The molecular formula is C32H39N3O3. The van der Waals surface area contributed by atoms with Crippen LogP contribution < -0.4 is 4.74 Å². The van der Waals surface area contributed by atoms with Crippen molar-refractivity contribution in [2.45, 2.75) is 51.5 Å². The van der Waals surface area contributed by atoms with Crippen LogP contribution in [0, 0.1) is 5.92 Å². The third kappa shape index (κ3) is 5.70. The van der Waals surface area contributed by atoms with Gasteiger partial charge in [0.1, 0.15) is 17.1 Å². The molecule has 38 heavy (non-hydrogen) atoms. The molecule has 1 aliphatic heterocycles. The van der Waals surface area contributed by atoms with Crippen molar-refractivity contribution in [2.75, 3.05) is 33.9 Å². The van der Waals surface area contributed by atoms with Crippen LogP contribution in [0.5, 0.6) is 5.75 Å². The summed E-state index contributed by atoms with van der Waals surface area (Å²) < 4.78 is 13.3. The maximum atomic E-state index is 13.4. The van der Waals surface area contributed by atoms with E-state index in [-0.39, 0.29) is 17.7 Å². The van der Waals surface area contributed by atoms with E-state index in [1.54, 1.807) is 14.2 Å². The van der Waals surface area contributed by atoms with Gasteiger partial charge < -0.3 is 18.9 Å². The van der Waals surface area contributed by atoms with Crippen LogP contribution in [-0.2, 0) is 22.5 Å². The lowest BCUT2D eigenvalue weighted by Crippen LogP contribution is -2.40. The highest BCUT2D eigenvalue weighted by atomic mass is 16.5. The normalized spacial score (nSPS) is 16.7. The number of likely N-dealkylation sites (tertiary alicyclic amines) is 1. The van der Waals surface area contributed by atoms with Crippen molar-refractivity contribution in [1.29, 1.82) is 0 Å². The van der Waals surface area contributed by atoms with Crippen molar-refractivity contribution >= 4 is 27.7 Å². The molecule has 2 atom stereocenters. The van der Waals surface area contributed by atoms with Crippen LogP contribution in [0.25, 0.3) is 21.8 Å². The lowest BCUT2D eigenvalue weighted by Gasteiger charge is -2.33. The Balaban J connectivity index is 1.29. The van der Waals surface area contributed by atoms with Gasteiger partial charge in [0.05, 0.1) is 12.6 Å². The van der Waals surface area contributed by atoms with Gasteiger partial charge in [-0.25, -0.2) is 4.98 Å². The van der Waals surface area contributed by atoms with Gasteiger partial charge in [-0.05, 0) is 60.1 Å². The molecule has 0 N–H and O–H groups in total. The molecule has 2 heterocycles. The van der Waals surface area contributed by atoms with E-state index in [1.165, 1.54) is 16.3 Å². The minimum absolute atomic E-state index is 0.211. The van der Waals surface area contributed by atoms with Gasteiger partial charge in [-0.3, -0.25) is 4.79 Å². The quantitative estimate of drug-likeness (QED) is 0.237. The van der Waals surface area contributed by atoms with E-state index in [0.717, 1.165) is 67.9 Å². The number of nitrogens with zero attached hydrogens (tertiary/aromatic N) is 3. The summed E-state index contributed by atoms with van der Waals surface area (Å²) in [5.41, 5.74) is 3.28. The van der Waals surface area contributed by atoms with E-state index in [1.807, 2.05) is 18.2 Å². The second kappa shape index (κ2) is 12.0. The van der Waals surface area contributed by atoms with E-state index >= 15 is 0 Å². The van der Waals surface area contributed by atoms with Crippen LogP contribution in [0.15, 0.2) is 60.7 Å². The van der Waals surface area contributed by atoms with Crippen molar-refractivity contribution in [1.82, 2.24) is 14.5 Å². The number of imidazole rings is 1. The molecule has 0 radical (unpaired) electrons. The summed E-state index contributed by atoms with van der Waals surface area (Å²) in [4.78, 5) is 20.6. The fraction of sp³-hybridized carbons (Fsp3) is 0.438. The summed E-state index contributed by atoms with van der Waals surface area (Å²) in [6.45, 7) is 5.24. The molecule has 0 bridgehead atoms. The SMILES string of the molecule is COCCCn1c([C@@H]2CCCN(C(=O)C[C@H](C)Cc3ccc4ccccc4c3)C2)nc2cccc(OC)c21. The molecular weight excluding hydrogens is 474 g/mol. The molecule has 4 aromatic rings. The van der Waals surface area contributed by atoms with Crippen LogP contribution in [0.3, 0.4) is 0 Å². The van der Waals surface area contributed by atoms with Gasteiger partial charge in [0.2, 0.25) is 5.91 Å². The second-order valence-electron chi connectivity index (χ2n) is 10.7. The molecule has 3 aromatic carbocycles. The zero-order valence-electron chi connectivity index (χ0n) is 22.9. The Morgan fingerprint density at radius 3 is 2.74 bits per heavy atom. The van der Waals surface area contributed by atoms with Gasteiger partial charge in [-0.1, -0.05) is 55.5 Å². The van der Waals surface area contributed by atoms with E-state index in [4.69, 9.17) is 14.5 Å². The Morgan fingerprint density at radius 2 is 1.92 bits per heavy atom. The molecule has 200 valence electrons. The molecule has 1 amide bonds. The number of aryl methyl sites for hydroxylation is 1. The average Bonchev–Trinajstić information content (AvgIpc) is 3.32. The average molecular weight is 514 g/mol. The van der Waals surface area contributed by atoms with Crippen LogP contribution in [0.1, 0.15) is 49.9 Å². The molecule has 0 saturated carbocycles. The van der Waals surface area contributed by atoms with Crippen LogP contribution in [0.2, 0.25) is 0 Å². The summed E-state index contributed by atoms with van der Waals surface area (Å²) in [5, 5.41) is 2.51. The zero-order chi connectivity index (χ0) is 26.5. The first-order chi connectivity index (χ1) is 18.6. The predicted octanol–water partition coefficient (Wildman–Crippen LogP) is 6.21. The summed E-state index contributed by atoms with van der Waals surface area (Å²) in [6, 6.07) is 21.1. The van der Waals surface area contributed by atoms with Gasteiger partial charge >= 0.3 is 0 Å². The molecule has 1 fully saturated rings. The van der Waals surface area contributed by atoms with Crippen molar-refractivity contribution in [2.24, 2.45) is 5.92 Å². The second-order valence-corrected chi connectivity index (χ2v) is 10.7. The van der Waals surface area contributed by atoms with Gasteiger partial charge in [0, 0.05) is 45.7 Å². The number of carbonyl (C=O) groups is 1. The molecule has 5 rings (SSSR count). The lowest BCUT2D eigenvalue weighted by atomic mass is 9.93. The number of ether oxygens (including phenoxy) is 2. The van der Waals surface area contributed by atoms with E-state index in [2.05, 4.69) is 58.9 Å². The zero-order valence-corrected chi connectivity index (χ0v) is 22.9. The maximum Gasteiger partial charge on any atom is 0.222 e. The molecule has 0 spiro atoms. The number of piperidine rings is 1. The third-order valence-corrected chi connectivity index (χ3v) is 7.77. The van der Waals surface area contributed by atoms with E-state index in [9.17, 15) is 4.79 Å². The summed E-state index contributed by atoms with van der Waals surface area (Å²) >= 11 is 0. The predicted molar refractivity (Wildman–Crippen MR) is 153 cm³/mol. The monoisotopic (exact) mass is 513 g/mol. The minimum Gasteiger partial charge on any atom is -0.494 e. The molecule has 1 aliphatic rings. The number of rotatable bonds is 10. The summed E-state index contributed by atoms with van der Waals surface area (Å²) in [6.07, 6.45) is 4.40. The number of hydrogen-bond acceptors (Lipinski definition) is 4. The van der Waals surface area contributed by atoms with Crippen molar-refractivity contribution < 1.29 is 14.3 Å². The highest BCUT2D eigenvalue weighted by Crippen LogP contribution is 2.34. The first kappa shape index (κ1) is 26.2. The number of benzene rings is 3. The lowest BCUT2D eigenvalue weighted by molar-refractivity contribution is -0.133. The Kier molecular flexibility index (Phi) is 8.28. The number of carbonyl (C=O) groups excluding carboxylic acids is 1. The Hall–Kier alpha value is -3.38. The topological polar surface area (TPSA) is 56.6 Å². The fourth-order valence-corrected chi connectivity index (χ4v) is 5.92. The molecule has 0 aliphatic carbocycles. The number of fused-ring (bicyclic) bond motifs is 2. The molecule has 0 unspecified atom stereocenters. The number of aromatic nitrogens is 2. The molecule has 6 heteroatoms. The fourth-order valence-electron chi connectivity index (χ4n) is 5.92. The molecule has 6 nitrogen and oxygen atoms in total. The summed E-state index contributed by atoms with van der Waals surface area (Å²) in [5.74, 6) is 2.64. The van der Waals surface area contributed by atoms with Crippen molar-refractivity contribution in [3.8, 4) is 5.75 Å². The van der Waals surface area contributed by atoms with Gasteiger partial charge in [0.15, 0.2) is 0 Å². The van der Waals surface area contributed by atoms with Crippen LogP contribution >= 0.6 is 0 Å². The van der Waals surface area contributed by atoms with Crippen molar-refractivity contribution in [3.63, 3.8) is 0 Å². The Morgan fingerprint density at radius 1 is 1.08 bits per heavy atom. The number of amides is 1. The van der Waals surface area contributed by atoms with Gasteiger partial charge in [-0.15, -0.1) is 0 Å². The number of para-hydroxylation sites is 1. The largest absolute Gasteiger partial charge is 0.494 e. The van der Waals surface area contributed by atoms with E-state index < -0.39 is 0 Å². The highest BCUT2D eigenvalue weighted by Gasteiger charge is 2.29. The highest BCUT2D eigenvalue weighted by molar-refractivity contribution is 5.84. The third-order valence-electron chi connectivity index (χ3n) is 7.77. The maximum absolute atomic E-state index is 13.4.